The van der Waals surface area contributed by atoms with E-state index in [4.69, 9.17) is 0 Å². The SMILES string of the molecule is CCc1nn2ccc(Br)cc2c1CNc1nc(-c2ccc(F)cc2)c(C#N)s1. The summed E-state index contributed by atoms with van der Waals surface area (Å²) in [5.74, 6) is -0.317. The molecule has 1 aromatic carbocycles. The van der Waals surface area contributed by atoms with Crippen LogP contribution < -0.4 is 5.32 Å². The Morgan fingerprint density at radius 1 is 1.29 bits per heavy atom. The molecule has 0 aliphatic carbocycles. The molecule has 3 heterocycles. The van der Waals surface area contributed by atoms with E-state index in [-0.39, 0.29) is 5.82 Å². The van der Waals surface area contributed by atoms with Crippen LogP contribution in [-0.4, -0.2) is 14.6 Å². The quantitative estimate of drug-likeness (QED) is 0.437. The summed E-state index contributed by atoms with van der Waals surface area (Å²) in [4.78, 5) is 5.05. The Morgan fingerprint density at radius 3 is 2.79 bits per heavy atom. The fraction of sp³-hybridized carbons (Fsp3) is 0.150. The first-order chi connectivity index (χ1) is 13.6. The zero-order valence-electron chi connectivity index (χ0n) is 14.9. The van der Waals surface area contributed by atoms with Crippen LogP contribution in [-0.2, 0) is 13.0 Å². The number of rotatable bonds is 5. The van der Waals surface area contributed by atoms with Crippen LogP contribution in [0.25, 0.3) is 16.8 Å². The molecule has 0 spiro atoms. The molecule has 3 aromatic heterocycles. The van der Waals surface area contributed by atoms with E-state index in [1.165, 1.54) is 23.5 Å². The van der Waals surface area contributed by atoms with Crippen molar-refractivity contribution >= 4 is 37.9 Å². The lowest BCUT2D eigenvalue weighted by Gasteiger charge is -2.04. The van der Waals surface area contributed by atoms with Crippen LogP contribution in [0.4, 0.5) is 9.52 Å². The summed E-state index contributed by atoms with van der Waals surface area (Å²) in [7, 11) is 0. The average molecular weight is 456 g/mol. The van der Waals surface area contributed by atoms with Crippen LogP contribution in [0.2, 0.25) is 0 Å². The van der Waals surface area contributed by atoms with Gasteiger partial charge in [0.15, 0.2) is 5.13 Å². The van der Waals surface area contributed by atoms with Crippen molar-refractivity contribution in [2.24, 2.45) is 0 Å². The standard InChI is InChI=1S/C20H15BrFN5S/c1-2-16-15(17-9-13(21)7-8-27(17)26-16)11-24-20-25-19(18(10-23)28-20)12-3-5-14(22)6-4-12/h3-9H,2,11H2,1H3,(H,24,25). The van der Waals surface area contributed by atoms with E-state index < -0.39 is 0 Å². The zero-order chi connectivity index (χ0) is 19.7. The van der Waals surface area contributed by atoms with Gasteiger partial charge in [-0.15, -0.1) is 0 Å². The number of halogens is 2. The van der Waals surface area contributed by atoms with E-state index in [2.05, 4.69) is 44.3 Å². The predicted octanol–water partition coefficient (Wildman–Crippen LogP) is 5.41. The molecule has 0 saturated carbocycles. The van der Waals surface area contributed by atoms with Crippen molar-refractivity contribution in [3.63, 3.8) is 0 Å². The minimum absolute atomic E-state index is 0.317. The molecule has 5 nitrogen and oxygen atoms in total. The smallest absolute Gasteiger partial charge is 0.184 e. The Hall–Kier alpha value is -2.76. The van der Waals surface area contributed by atoms with Gasteiger partial charge in [-0.2, -0.15) is 10.4 Å². The number of aryl methyl sites for hydroxylation is 1. The number of nitriles is 1. The molecule has 0 aliphatic heterocycles. The molecule has 0 fully saturated rings. The number of fused-ring (bicyclic) bond motifs is 1. The summed E-state index contributed by atoms with van der Waals surface area (Å²) >= 11 is 4.80. The van der Waals surface area contributed by atoms with Crippen molar-refractivity contribution in [3.8, 4) is 17.3 Å². The van der Waals surface area contributed by atoms with Crippen LogP contribution in [0.5, 0.6) is 0 Å². The maximum Gasteiger partial charge on any atom is 0.184 e. The molecule has 4 aromatic rings. The third-order valence-corrected chi connectivity index (χ3v) is 5.79. The molecule has 0 unspecified atom stereocenters. The van der Waals surface area contributed by atoms with Crippen LogP contribution in [0.15, 0.2) is 47.1 Å². The van der Waals surface area contributed by atoms with E-state index in [0.717, 1.165) is 33.2 Å². The first kappa shape index (κ1) is 18.6. The summed E-state index contributed by atoms with van der Waals surface area (Å²) in [6, 6.07) is 12.2. The maximum absolute atomic E-state index is 13.2. The number of anilines is 1. The molecule has 0 bridgehead atoms. The van der Waals surface area contributed by atoms with Gasteiger partial charge in [-0.3, -0.25) is 0 Å². The first-order valence-electron chi connectivity index (χ1n) is 8.65. The lowest BCUT2D eigenvalue weighted by atomic mass is 10.1. The van der Waals surface area contributed by atoms with E-state index in [9.17, 15) is 9.65 Å². The minimum atomic E-state index is -0.317. The van der Waals surface area contributed by atoms with Crippen LogP contribution >= 0.6 is 27.3 Å². The predicted molar refractivity (Wildman–Crippen MR) is 112 cm³/mol. The van der Waals surface area contributed by atoms with Crippen molar-refractivity contribution in [2.45, 2.75) is 19.9 Å². The Labute approximate surface area is 173 Å². The van der Waals surface area contributed by atoms with Gasteiger partial charge in [0.1, 0.15) is 22.5 Å². The number of benzene rings is 1. The second-order valence-electron chi connectivity index (χ2n) is 6.12. The van der Waals surface area contributed by atoms with Crippen molar-refractivity contribution in [1.29, 1.82) is 5.26 Å². The molecule has 8 heteroatoms. The average Bonchev–Trinajstić information content (AvgIpc) is 3.27. The molecule has 0 amide bonds. The molecule has 1 N–H and O–H groups in total. The largest absolute Gasteiger partial charge is 0.357 e. The van der Waals surface area contributed by atoms with Gasteiger partial charge in [0.25, 0.3) is 0 Å². The first-order valence-corrected chi connectivity index (χ1v) is 10.3. The fourth-order valence-corrected chi connectivity index (χ4v) is 4.15. The summed E-state index contributed by atoms with van der Waals surface area (Å²) in [5.41, 5.74) is 4.42. The van der Waals surface area contributed by atoms with E-state index in [1.807, 2.05) is 22.8 Å². The van der Waals surface area contributed by atoms with E-state index in [0.29, 0.717) is 22.2 Å². The molecule has 140 valence electrons. The second-order valence-corrected chi connectivity index (χ2v) is 8.04. The number of hydrogen-bond donors (Lipinski definition) is 1. The van der Waals surface area contributed by atoms with Crippen LogP contribution in [0.1, 0.15) is 23.1 Å². The molecular formula is C20H15BrFN5S. The Balaban J connectivity index is 1.64. The molecule has 4 rings (SSSR count). The maximum atomic E-state index is 13.2. The van der Waals surface area contributed by atoms with Crippen molar-refractivity contribution in [1.82, 2.24) is 14.6 Å². The van der Waals surface area contributed by atoms with Crippen LogP contribution in [0, 0.1) is 17.1 Å². The molecule has 0 aliphatic rings. The Morgan fingerprint density at radius 2 is 2.07 bits per heavy atom. The molecule has 0 atom stereocenters. The van der Waals surface area contributed by atoms with Crippen LogP contribution in [0.3, 0.4) is 0 Å². The van der Waals surface area contributed by atoms with Crippen molar-refractivity contribution < 1.29 is 4.39 Å². The highest BCUT2D eigenvalue weighted by molar-refractivity contribution is 9.10. The molecule has 0 radical (unpaired) electrons. The van der Waals surface area contributed by atoms with Gasteiger partial charge in [0.05, 0.1) is 11.2 Å². The number of aromatic nitrogens is 3. The normalized spacial score (nSPS) is 10.9. The number of pyridine rings is 1. The van der Waals surface area contributed by atoms with E-state index >= 15 is 0 Å². The molecule has 0 saturated heterocycles. The topological polar surface area (TPSA) is 66.0 Å². The van der Waals surface area contributed by atoms with Crippen molar-refractivity contribution in [3.05, 3.63) is 69.0 Å². The summed E-state index contributed by atoms with van der Waals surface area (Å²) < 4.78 is 16.0. The van der Waals surface area contributed by atoms with Crippen molar-refractivity contribution in [2.75, 3.05) is 5.32 Å². The number of thiazole rings is 1. The lowest BCUT2D eigenvalue weighted by Crippen LogP contribution is -2.01. The fourth-order valence-electron chi connectivity index (χ4n) is 3.03. The highest BCUT2D eigenvalue weighted by Crippen LogP contribution is 2.31. The Kier molecular flexibility index (Phi) is 5.11. The minimum Gasteiger partial charge on any atom is -0.357 e. The highest BCUT2D eigenvalue weighted by Gasteiger charge is 2.15. The van der Waals surface area contributed by atoms with Gasteiger partial charge in [0, 0.05) is 28.3 Å². The van der Waals surface area contributed by atoms with Gasteiger partial charge < -0.3 is 5.32 Å². The van der Waals surface area contributed by atoms with Gasteiger partial charge in [-0.25, -0.2) is 13.9 Å². The third kappa shape index (κ3) is 3.51. The number of nitrogens with one attached hydrogen (secondary N) is 1. The second kappa shape index (κ2) is 7.70. The van der Waals surface area contributed by atoms with Gasteiger partial charge in [0.2, 0.25) is 0 Å². The summed E-state index contributed by atoms with van der Waals surface area (Å²) in [5, 5.41) is 18.1. The van der Waals surface area contributed by atoms with Gasteiger partial charge >= 0.3 is 0 Å². The molecule has 28 heavy (non-hydrogen) atoms. The zero-order valence-corrected chi connectivity index (χ0v) is 17.3. The highest BCUT2D eigenvalue weighted by atomic mass is 79.9. The lowest BCUT2D eigenvalue weighted by molar-refractivity contribution is 0.628. The Bertz CT molecular complexity index is 1190. The summed E-state index contributed by atoms with van der Waals surface area (Å²) in [6.45, 7) is 2.62. The number of hydrogen-bond acceptors (Lipinski definition) is 5. The monoisotopic (exact) mass is 455 g/mol. The van der Waals surface area contributed by atoms with E-state index in [1.54, 1.807) is 12.1 Å². The molecular weight excluding hydrogens is 441 g/mol. The van der Waals surface area contributed by atoms with Gasteiger partial charge in [-0.1, -0.05) is 34.2 Å². The summed E-state index contributed by atoms with van der Waals surface area (Å²) in [6.07, 6.45) is 2.74. The number of nitrogens with zero attached hydrogens (tertiary/aromatic N) is 4. The van der Waals surface area contributed by atoms with Gasteiger partial charge in [-0.05, 0) is 42.8 Å². The third-order valence-electron chi connectivity index (χ3n) is 4.38.